The summed E-state index contributed by atoms with van der Waals surface area (Å²) in [5.74, 6) is 0.687. The fraction of sp³-hybridized carbons (Fsp3) is 0.750. The van der Waals surface area contributed by atoms with Gasteiger partial charge in [0.25, 0.3) is 5.91 Å². The van der Waals surface area contributed by atoms with Crippen molar-refractivity contribution in [3.05, 3.63) is 11.6 Å². The van der Waals surface area contributed by atoms with Crippen LogP contribution in [0.2, 0.25) is 0 Å². The van der Waals surface area contributed by atoms with Crippen molar-refractivity contribution in [1.82, 2.24) is 25.8 Å². The standard InChI is InChI=1S/C12H23N5O/c1-5-6-13-7-8-14-10(18)9-15-11(17-16-9)12(2,3)4/h13H,5-8H2,1-4H3,(H,14,18)(H,15,16,17). The summed E-state index contributed by atoms with van der Waals surface area (Å²) < 4.78 is 0. The van der Waals surface area contributed by atoms with Gasteiger partial charge < -0.3 is 10.6 Å². The van der Waals surface area contributed by atoms with Gasteiger partial charge >= 0.3 is 0 Å². The van der Waals surface area contributed by atoms with E-state index in [1.165, 1.54) is 0 Å². The Morgan fingerprint density at radius 2 is 2.00 bits per heavy atom. The number of aromatic nitrogens is 3. The summed E-state index contributed by atoms with van der Waals surface area (Å²) in [6, 6.07) is 0. The van der Waals surface area contributed by atoms with Gasteiger partial charge in [0, 0.05) is 18.5 Å². The van der Waals surface area contributed by atoms with Crippen molar-refractivity contribution in [2.24, 2.45) is 0 Å². The molecule has 0 unspecified atom stereocenters. The molecule has 1 aromatic rings. The van der Waals surface area contributed by atoms with E-state index in [1.807, 2.05) is 20.8 Å². The van der Waals surface area contributed by atoms with E-state index in [9.17, 15) is 4.79 Å². The van der Waals surface area contributed by atoms with Gasteiger partial charge in [0.15, 0.2) is 0 Å². The lowest BCUT2D eigenvalue weighted by Gasteiger charge is -2.12. The highest BCUT2D eigenvalue weighted by atomic mass is 16.2. The molecule has 1 heterocycles. The van der Waals surface area contributed by atoms with E-state index in [4.69, 9.17) is 0 Å². The molecule has 1 rings (SSSR count). The van der Waals surface area contributed by atoms with E-state index < -0.39 is 0 Å². The van der Waals surface area contributed by atoms with Crippen LogP contribution in [0.5, 0.6) is 0 Å². The Hall–Kier alpha value is -1.43. The molecule has 0 aliphatic carbocycles. The van der Waals surface area contributed by atoms with Crippen molar-refractivity contribution in [2.45, 2.75) is 39.5 Å². The largest absolute Gasteiger partial charge is 0.348 e. The molecule has 6 heteroatoms. The minimum Gasteiger partial charge on any atom is -0.348 e. The molecule has 1 aromatic heterocycles. The highest BCUT2D eigenvalue weighted by Gasteiger charge is 2.20. The van der Waals surface area contributed by atoms with Gasteiger partial charge in [0.2, 0.25) is 5.82 Å². The second-order valence-electron chi connectivity index (χ2n) is 5.26. The molecule has 0 aliphatic heterocycles. The van der Waals surface area contributed by atoms with Gasteiger partial charge in [-0.2, -0.15) is 0 Å². The van der Waals surface area contributed by atoms with Gasteiger partial charge in [-0.15, -0.1) is 5.10 Å². The summed E-state index contributed by atoms with van der Waals surface area (Å²) in [6.45, 7) is 10.5. The topological polar surface area (TPSA) is 82.7 Å². The SMILES string of the molecule is CCCNCCNC(=O)c1n[nH]c(C(C)(C)C)n1. The lowest BCUT2D eigenvalue weighted by atomic mass is 9.96. The number of H-pyrrole nitrogens is 1. The Bertz CT molecular complexity index is 380. The fourth-order valence-corrected chi connectivity index (χ4v) is 1.34. The molecule has 0 spiro atoms. The number of carbonyl (C=O) groups is 1. The number of nitrogens with one attached hydrogen (secondary N) is 3. The van der Waals surface area contributed by atoms with Crippen molar-refractivity contribution in [3.63, 3.8) is 0 Å². The lowest BCUT2D eigenvalue weighted by Crippen LogP contribution is -2.32. The highest BCUT2D eigenvalue weighted by Crippen LogP contribution is 2.17. The molecule has 18 heavy (non-hydrogen) atoms. The Kier molecular flexibility index (Phi) is 5.27. The Morgan fingerprint density at radius 1 is 1.28 bits per heavy atom. The van der Waals surface area contributed by atoms with Crippen LogP contribution in [-0.4, -0.2) is 40.7 Å². The van der Waals surface area contributed by atoms with Crippen LogP contribution < -0.4 is 10.6 Å². The minimum atomic E-state index is -0.236. The van der Waals surface area contributed by atoms with Gasteiger partial charge in [-0.1, -0.05) is 27.7 Å². The summed E-state index contributed by atoms with van der Waals surface area (Å²) in [4.78, 5) is 15.9. The van der Waals surface area contributed by atoms with Crippen molar-refractivity contribution < 1.29 is 4.79 Å². The third kappa shape index (κ3) is 4.44. The number of rotatable bonds is 6. The molecule has 102 valence electrons. The molecule has 0 bridgehead atoms. The lowest BCUT2D eigenvalue weighted by molar-refractivity contribution is 0.0944. The normalized spacial score (nSPS) is 11.6. The number of aromatic amines is 1. The van der Waals surface area contributed by atoms with Crippen LogP contribution in [0.4, 0.5) is 0 Å². The van der Waals surface area contributed by atoms with E-state index in [2.05, 4.69) is 32.7 Å². The summed E-state index contributed by atoms with van der Waals surface area (Å²) >= 11 is 0. The number of hydrogen-bond acceptors (Lipinski definition) is 4. The van der Waals surface area contributed by atoms with Crippen LogP contribution >= 0.6 is 0 Å². The minimum absolute atomic E-state index is 0.131. The van der Waals surface area contributed by atoms with Gasteiger partial charge in [0.05, 0.1) is 0 Å². The monoisotopic (exact) mass is 253 g/mol. The van der Waals surface area contributed by atoms with E-state index in [0.717, 1.165) is 25.3 Å². The smallest absolute Gasteiger partial charge is 0.291 e. The fourth-order valence-electron chi connectivity index (χ4n) is 1.34. The molecule has 3 N–H and O–H groups in total. The molecular formula is C12H23N5O. The molecular weight excluding hydrogens is 230 g/mol. The first-order valence-electron chi connectivity index (χ1n) is 6.37. The Morgan fingerprint density at radius 3 is 2.56 bits per heavy atom. The van der Waals surface area contributed by atoms with E-state index in [0.29, 0.717) is 6.54 Å². The van der Waals surface area contributed by atoms with Gasteiger partial charge in [-0.3, -0.25) is 9.89 Å². The van der Waals surface area contributed by atoms with Crippen LogP contribution in [0.1, 0.15) is 50.6 Å². The molecule has 1 amide bonds. The first-order chi connectivity index (χ1) is 8.45. The zero-order chi connectivity index (χ0) is 13.6. The predicted octanol–water partition coefficient (Wildman–Crippen LogP) is 0.832. The van der Waals surface area contributed by atoms with Crippen molar-refractivity contribution in [2.75, 3.05) is 19.6 Å². The van der Waals surface area contributed by atoms with Crippen LogP contribution in [0.15, 0.2) is 0 Å². The molecule has 0 aromatic carbocycles. The molecule has 0 atom stereocenters. The molecule has 0 saturated heterocycles. The Balaban J connectivity index is 2.40. The second kappa shape index (κ2) is 6.49. The molecule has 0 aliphatic rings. The summed E-state index contributed by atoms with van der Waals surface area (Å²) in [7, 11) is 0. The van der Waals surface area contributed by atoms with Crippen LogP contribution in [0.25, 0.3) is 0 Å². The van der Waals surface area contributed by atoms with Crippen molar-refractivity contribution in [1.29, 1.82) is 0 Å². The van der Waals surface area contributed by atoms with E-state index in [-0.39, 0.29) is 17.1 Å². The van der Waals surface area contributed by atoms with Crippen molar-refractivity contribution in [3.8, 4) is 0 Å². The first-order valence-corrected chi connectivity index (χ1v) is 6.37. The van der Waals surface area contributed by atoms with Crippen LogP contribution in [0, 0.1) is 0 Å². The third-order valence-corrected chi connectivity index (χ3v) is 2.41. The van der Waals surface area contributed by atoms with Gasteiger partial charge in [-0.05, 0) is 13.0 Å². The quantitative estimate of drug-likeness (QED) is 0.656. The maximum Gasteiger partial charge on any atom is 0.291 e. The van der Waals surface area contributed by atoms with Crippen LogP contribution in [-0.2, 0) is 5.41 Å². The first kappa shape index (κ1) is 14.6. The average molecular weight is 253 g/mol. The second-order valence-corrected chi connectivity index (χ2v) is 5.26. The van der Waals surface area contributed by atoms with E-state index in [1.54, 1.807) is 0 Å². The van der Waals surface area contributed by atoms with Crippen molar-refractivity contribution >= 4 is 5.91 Å². The molecule has 0 radical (unpaired) electrons. The molecule has 0 saturated carbocycles. The number of nitrogens with zero attached hydrogens (tertiary/aromatic N) is 2. The average Bonchev–Trinajstić information content (AvgIpc) is 2.77. The summed E-state index contributed by atoms with van der Waals surface area (Å²) in [5.41, 5.74) is -0.131. The summed E-state index contributed by atoms with van der Waals surface area (Å²) in [6.07, 6.45) is 1.09. The van der Waals surface area contributed by atoms with Crippen LogP contribution in [0.3, 0.4) is 0 Å². The third-order valence-electron chi connectivity index (χ3n) is 2.41. The molecule has 6 nitrogen and oxygen atoms in total. The maximum atomic E-state index is 11.7. The zero-order valence-electron chi connectivity index (χ0n) is 11.6. The number of carbonyl (C=O) groups excluding carboxylic acids is 1. The molecule has 0 fully saturated rings. The summed E-state index contributed by atoms with van der Waals surface area (Å²) in [5, 5.41) is 12.7. The van der Waals surface area contributed by atoms with E-state index >= 15 is 0 Å². The van der Waals surface area contributed by atoms with Gasteiger partial charge in [-0.25, -0.2) is 4.98 Å². The predicted molar refractivity (Wildman–Crippen MR) is 70.6 cm³/mol. The highest BCUT2D eigenvalue weighted by molar-refractivity contribution is 5.90. The number of amides is 1. The number of hydrogen-bond donors (Lipinski definition) is 3. The maximum absolute atomic E-state index is 11.7. The Labute approximate surface area is 108 Å². The zero-order valence-corrected chi connectivity index (χ0v) is 11.6. The van der Waals surface area contributed by atoms with Gasteiger partial charge in [0.1, 0.15) is 5.82 Å².